The number of rotatable bonds is 5. The fraction of sp³-hybridized carbons (Fsp3) is 0.409. The van der Waals surface area contributed by atoms with Crippen LogP contribution in [0.3, 0.4) is 0 Å². The third-order valence-corrected chi connectivity index (χ3v) is 6.47. The smallest absolute Gasteiger partial charge is 0.242 e. The Morgan fingerprint density at radius 1 is 1.13 bits per heavy atom. The molecule has 2 aromatic carbocycles. The van der Waals surface area contributed by atoms with E-state index in [0.29, 0.717) is 22.9 Å². The van der Waals surface area contributed by atoms with Gasteiger partial charge in [-0.25, -0.2) is 10.9 Å². The maximum atomic E-state index is 13.2. The lowest BCUT2D eigenvalue weighted by Crippen LogP contribution is -2.41. The Morgan fingerprint density at radius 3 is 2.57 bits per heavy atom. The normalized spacial score (nSPS) is 25.6. The fourth-order valence-electron chi connectivity index (χ4n) is 4.67. The van der Waals surface area contributed by atoms with E-state index in [-0.39, 0.29) is 35.4 Å². The number of benzene rings is 2. The molecule has 2 aromatic rings. The first-order valence-electron chi connectivity index (χ1n) is 10.0. The van der Waals surface area contributed by atoms with Gasteiger partial charge in [0.2, 0.25) is 5.91 Å². The number of aromatic hydroxyl groups is 2. The second kappa shape index (κ2) is 7.98. The van der Waals surface area contributed by atoms with Gasteiger partial charge in [-0.05, 0) is 48.7 Å². The Hall–Kier alpha value is -2.48. The van der Waals surface area contributed by atoms with E-state index >= 15 is 0 Å². The van der Waals surface area contributed by atoms with Gasteiger partial charge < -0.3 is 19.8 Å². The number of amides is 1. The van der Waals surface area contributed by atoms with Gasteiger partial charge in [0.1, 0.15) is 11.8 Å². The molecule has 30 heavy (non-hydrogen) atoms. The molecule has 2 fully saturated rings. The van der Waals surface area contributed by atoms with Gasteiger partial charge in [0, 0.05) is 23.0 Å². The van der Waals surface area contributed by atoms with Gasteiger partial charge in [-0.1, -0.05) is 24.6 Å². The Morgan fingerprint density at radius 2 is 1.87 bits per heavy atom. The molecule has 0 aromatic heterocycles. The summed E-state index contributed by atoms with van der Waals surface area (Å²) in [5.74, 6) is 0.359. The van der Waals surface area contributed by atoms with Crippen molar-refractivity contribution in [2.45, 2.75) is 38.4 Å². The second-order valence-electron chi connectivity index (χ2n) is 7.89. The van der Waals surface area contributed by atoms with Crippen LogP contribution in [0.4, 0.5) is 0 Å². The van der Waals surface area contributed by atoms with Crippen LogP contribution < -0.4 is 15.6 Å². The van der Waals surface area contributed by atoms with E-state index in [1.165, 1.54) is 7.11 Å². The molecule has 8 heteroatoms. The van der Waals surface area contributed by atoms with Gasteiger partial charge in [-0.3, -0.25) is 4.79 Å². The number of nitrogens with one attached hydrogen (secondary N) is 2. The van der Waals surface area contributed by atoms with Crippen molar-refractivity contribution in [3.05, 3.63) is 52.0 Å². The fourth-order valence-corrected chi connectivity index (χ4v) is 4.84. The van der Waals surface area contributed by atoms with E-state index in [9.17, 15) is 15.0 Å². The van der Waals surface area contributed by atoms with E-state index in [4.69, 9.17) is 16.3 Å². The lowest BCUT2D eigenvalue weighted by atomic mass is 9.83. The van der Waals surface area contributed by atoms with E-state index in [1.54, 1.807) is 24.3 Å². The summed E-state index contributed by atoms with van der Waals surface area (Å²) >= 11 is 6.34. The average molecular weight is 432 g/mol. The summed E-state index contributed by atoms with van der Waals surface area (Å²) in [6.07, 6.45) is 0.816. The highest BCUT2D eigenvalue weighted by atomic mass is 35.5. The number of hydrazine groups is 1. The SMILES string of the molecule is CCCN1C(=O)C2NNC(c3cc(Cl)c(C)cc3O)C2C1c1ccc(O)c(OC)c1. The molecular formula is C22H26ClN3O4. The van der Waals surface area contributed by atoms with Crippen LogP contribution in [0.1, 0.15) is 42.1 Å². The van der Waals surface area contributed by atoms with Crippen LogP contribution in [0.5, 0.6) is 17.2 Å². The first-order chi connectivity index (χ1) is 14.4. The monoisotopic (exact) mass is 431 g/mol. The van der Waals surface area contributed by atoms with Gasteiger partial charge in [-0.2, -0.15) is 0 Å². The zero-order chi connectivity index (χ0) is 21.6. The molecule has 0 radical (unpaired) electrons. The number of phenolic OH excluding ortho intramolecular Hbond substituents is 2. The molecule has 1 amide bonds. The van der Waals surface area contributed by atoms with Gasteiger partial charge in [0.15, 0.2) is 11.5 Å². The lowest BCUT2D eigenvalue weighted by Gasteiger charge is -2.31. The minimum absolute atomic E-state index is 0.00610. The number of carbonyl (C=O) groups is 1. The molecule has 0 aliphatic carbocycles. The largest absolute Gasteiger partial charge is 0.508 e. The zero-order valence-electron chi connectivity index (χ0n) is 17.1. The molecule has 4 N–H and O–H groups in total. The lowest BCUT2D eigenvalue weighted by molar-refractivity contribution is -0.130. The van der Waals surface area contributed by atoms with Crippen LogP contribution in [0.2, 0.25) is 5.02 Å². The number of likely N-dealkylation sites (tertiary alicyclic amines) is 1. The predicted octanol–water partition coefficient (Wildman–Crippen LogP) is 3.20. The number of nitrogens with zero attached hydrogens (tertiary/aromatic N) is 1. The number of halogens is 1. The maximum Gasteiger partial charge on any atom is 0.242 e. The maximum absolute atomic E-state index is 13.2. The van der Waals surface area contributed by atoms with E-state index in [2.05, 4.69) is 10.9 Å². The molecule has 7 nitrogen and oxygen atoms in total. The van der Waals surface area contributed by atoms with Gasteiger partial charge >= 0.3 is 0 Å². The van der Waals surface area contributed by atoms with Gasteiger partial charge in [-0.15, -0.1) is 0 Å². The van der Waals surface area contributed by atoms with Gasteiger partial charge in [0.05, 0.1) is 19.2 Å². The molecule has 2 aliphatic rings. The van der Waals surface area contributed by atoms with Crippen LogP contribution in [0.25, 0.3) is 0 Å². The van der Waals surface area contributed by atoms with Crippen LogP contribution >= 0.6 is 11.6 Å². The first kappa shape index (κ1) is 20.8. The van der Waals surface area contributed by atoms with Crippen LogP contribution in [0, 0.1) is 12.8 Å². The molecule has 2 aliphatic heterocycles. The number of hydrogen-bond donors (Lipinski definition) is 4. The van der Waals surface area contributed by atoms with Crippen molar-refractivity contribution >= 4 is 17.5 Å². The molecular weight excluding hydrogens is 406 g/mol. The average Bonchev–Trinajstić information content (AvgIpc) is 3.25. The minimum Gasteiger partial charge on any atom is -0.508 e. The minimum atomic E-state index is -0.439. The number of ether oxygens (including phenoxy) is 1. The van der Waals surface area contributed by atoms with Crippen molar-refractivity contribution in [2.24, 2.45) is 5.92 Å². The molecule has 2 heterocycles. The summed E-state index contributed by atoms with van der Waals surface area (Å²) in [6.45, 7) is 4.47. The van der Waals surface area contributed by atoms with Crippen LogP contribution in [-0.2, 0) is 4.79 Å². The molecule has 0 bridgehead atoms. The second-order valence-corrected chi connectivity index (χ2v) is 8.30. The third-order valence-electron chi connectivity index (χ3n) is 6.07. The Labute approximate surface area is 180 Å². The van der Waals surface area contributed by atoms with E-state index in [1.807, 2.05) is 24.8 Å². The van der Waals surface area contributed by atoms with Crippen molar-refractivity contribution < 1.29 is 19.7 Å². The highest BCUT2D eigenvalue weighted by Gasteiger charge is 2.55. The Bertz CT molecular complexity index is 983. The summed E-state index contributed by atoms with van der Waals surface area (Å²) in [5.41, 5.74) is 8.63. The molecule has 4 unspecified atom stereocenters. The zero-order valence-corrected chi connectivity index (χ0v) is 17.9. The standard InChI is InChI=1S/C22H26ClN3O4/c1-4-7-26-21(12-5-6-15(27)17(9-12)30-3)18-19(24-25-20(18)22(26)29)13-10-14(23)11(2)8-16(13)28/h5-6,8-10,18-21,24-25,27-28H,4,7H2,1-3H3. The highest BCUT2D eigenvalue weighted by molar-refractivity contribution is 6.31. The first-order valence-corrected chi connectivity index (χ1v) is 10.4. The number of methoxy groups -OCH3 is 1. The summed E-state index contributed by atoms with van der Waals surface area (Å²) in [5, 5.41) is 21.2. The number of carbonyl (C=O) groups excluding carboxylic acids is 1. The molecule has 2 saturated heterocycles. The van der Waals surface area contributed by atoms with Crippen LogP contribution in [-0.4, -0.2) is 40.7 Å². The highest BCUT2D eigenvalue weighted by Crippen LogP contribution is 2.50. The van der Waals surface area contributed by atoms with E-state index < -0.39 is 6.04 Å². The summed E-state index contributed by atoms with van der Waals surface area (Å²) in [4.78, 5) is 15.1. The summed E-state index contributed by atoms with van der Waals surface area (Å²) in [6, 6.07) is 7.55. The molecule has 4 atom stereocenters. The third kappa shape index (κ3) is 3.27. The molecule has 0 saturated carbocycles. The van der Waals surface area contributed by atoms with Crippen LogP contribution in [0.15, 0.2) is 30.3 Å². The van der Waals surface area contributed by atoms with Crippen molar-refractivity contribution in [3.8, 4) is 17.2 Å². The molecule has 4 rings (SSSR count). The molecule has 160 valence electrons. The van der Waals surface area contributed by atoms with Crippen molar-refractivity contribution in [2.75, 3.05) is 13.7 Å². The van der Waals surface area contributed by atoms with Crippen molar-refractivity contribution in [1.82, 2.24) is 15.8 Å². The van der Waals surface area contributed by atoms with Crippen molar-refractivity contribution in [3.63, 3.8) is 0 Å². The Kier molecular flexibility index (Phi) is 5.53. The summed E-state index contributed by atoms with van der Waals surface area (Å²) in [7, 11) is 1.50. The number of hydrogen-bond acceptors (Lipinski definition) is 6. The number of aryl methyl sites for hydroxylation is 1. The number of fused-ring (bicyclic) bond motifs is 1. The summed E-state index contributed by atoms with van der Waals surface area (Å²) < 4.78 is 5.30. The van der Waals surface area contributed by atoms with Gasteiger partial charge in [0.25, 0.3) is 0 Å². The quantitative estimate of drug-likeness (QED) is 0.581. The number of phenols is 2. The predicted molar refractivity (Wildman–Crippen MR) is 114 cm³/mol. The topological polar surface area (TPSA) is 94.1 Å². The van der Waals surface area contributed by atoms with Crippen molar-refractivity contribution in [1.29, 1.82) is 0 Å². The van der Waals surface area contributed by atoms with E-state index in [0.717, 1.165) is 17.5 Å². The Balaban J connectivity index is 1.82. The molecule has 0 spiro atoms.